The van der Waals surface area contributed by atoms with Crippen molar-refractivity contribution in [3.63, 3.8) is 0 Å². The monoisotopic (exact) mass is 256 g/mol. The lowest BCUT2D eigenvalue weighted by molar-refractivity contribution is -0.0484. The molecule has 6 heteroatoms. The molecule has 5 nitrogen and oxygen atoms in total. The highest BCUT2D eigenvalue weighted by Gasteiger charge is 2.38. The maximum Gasteiger partial charge on any atom is 0.303 e. The Hall–Kier alpha value is -1.11. The van der Waals surface area contributed by atoms with E-state index in [2.05, 4.69) is 0 Å². The normalized spacial score (nSPS) is 30.6. The highest BCUT2D eigenvalue weighted by molar-refractivity contribution is 7.87. The number of para-hydroxylation sites is 1. The predicted molar refractivity (Wildman–Crippen MR) is 58.1 cm³/mol. The van der Waals surface area contributed by atoms with Gasteiger partial charge in [0, 0.05) is 12.5 Å². The Labute approximate surface area is 99.4 Å². The molecule has 0 spiro atoms. The topological polar surface area (TPSA) is 61.8 Å². The zero-order chi connectivity index (χ0) is 11.9. The van der Waals surface area contributed by atoms with Crippen LogP contribution in [-0.2, 0) is 19.0 Å². The summed E-state index contributed by atoms with van der Waals surface area (Å²) >= 11 is 0. The molecule has 0 bridgehead atoms. The molecule has 92 valence electrons. The van der Waals surface area contributed by atoms with Crippen molar-refractivity contribution in [1.82, 2.24) is 0 Å². The molecule has 1 fully saturated rings. The smallest absolute Gasteiger partial charge is 0.303 e. The number of hydrogen-bond donors (Lipinski definition) is 0. The first-order valence-electron chi connectivity index (χ1n) is 5.43. The average Bonchev–Trinajstić information content (AvgIpc) is 2.81. The Kier molecular flexibility index (Phi) is 2.57. The highest BCUT2D eigenvalue weighted by atomic mass is 32.2. The number of benzene rings is 1. The fourth-order valence-corrected chi connectivity index (χ4v) is 3.18. The van der Waals surface area contributed by atoms with Gasteiger partial charge >= 0.3 is 10.1 Å². The van der Waals surface area contributed by atoms with Crippen LogP contribution in [0.15, 0.2) is 29.2 Å². The lowest BCUT2D eigenvalue weighted by atomic mass is 10.1. The Morgan fingerprint density at radius 3 is 2.82 bits per heavy atom. The van der Waals surface area contributed by atoms with Gasteiger partial charge in [-0.05, 0) is 18.6 Å². The van der Waals surface area contributed by atoms with Gasteiger partial charge in [-0.25, -0.2) is 4.18 Å². The summed E-state index contributed by atoms with van der Waals surface area (Å²) < 4.78 is 39.6. The van der Waals surface area contributed by atoms with Crippen molar-refractivity contribution in [3.05, 3.63) is 24.3 Å². The Morgan fingerprint density at radius 1 is 1.24 bits per heavy atom. The van der Waals surface area contributed by atoms with Gasteiger partial charge in [0.2, 0.25) is 6.29 Å². The van der Waals surface area contributed by atoms with Crippen LogP contribution >= 0.6 is 0 Å². The molecule has 0 radical (unpaired) electrons. The van der Waals surface area contributed by atoms with E-state index >= 15 is 0 Å². The van der Waals surface area contributed by atoms with E-state index in [0.29, 0.717) is 19.0 Å². The van der Waals surface area contributed by atoms with Crippen LogP contribution < -0.4 is 4.74 Å². The summed E-state index contributed by atoms with van der Waals surface area (Å²) in [6, 6.07) is 6.49. The van der Waals surface area contributed by atoms with Gasteiger partial charge in [-0.15, -0.1) is 0 Å². The Bertz CT molecular complexity index is 518. The van der Waals surface area contributed by atoms with Gasteiger partial charge in [0.05, 0.1) is 6.61 Å². The lowest BCUT2D eigenvalue weighted by Crippen LogP contribution is -2.36. The molecule has 1 aromatic rings. The summed E-state index contributed by atoms with van der Waals surface area (Å²) in [5, 5.41) is 0. The van der Waals surface area contributed by atoms with E-state index in [1.807, 2.05) is 0 Å². The fraction of sp³-hybridized carbons (Fsp3) is 0.455. The van der Waals surface area contributed by atoms with Gasteiger partial charge in [0.25, 0.3) is 0 Å². The third kappa shape index (κ3) is 1.92. The molecule has 0 aliphatic carbocycles. The van der Waals surface area contributed by atoms with E-state index in [1.54, 1.807) is 18.2 Å². The van der Waals surface area contributed by atoms with Gasteiger partial charge in [-0.1, -0.05) is 12.1 Å². The summed E-state index contributed by atoms with van der Waals surface area (Å²) in [4.78, 5) is 0.0927. The first kappa shape index (κ1) is 11.0. The minimum Gasteiger partial charge on any atom is -0.462 e. The summed E-state index contributed by atoms with van der Waals surface area (Å²) in [6.45, 7) is 1.10. The van der Waals surface area contributed by atoms with Crippen molar-refractivity contribution in [3.8, 4) is 5.75 Å². The van der Waals surface area contributed by atoms with E-state index in [0.717, 1.165) is 6.42 Å². The summed E-state index contributed by atoms with van der Waals surface area (Å²) in [6.07, 6.45) is -0.0140. The number of hydrogen-bond acceptors (Lipinski definition) is 5. The molecule has 17 heavy (non-hydrogen) atoms. The largest absolute Gasteiger partial charge is 0.462 e. The van der Waals surface area contributed by atoms with Gasteiger partial charge < -0.3 is 9.47 Å². The van der Waals surface area contributed by atoms with Crippen LogP contribution in [0.1, 0.15) is 6.42 Å². The molecule has 2 unspecified atom stereocenters. The van der Waals surface area contributed by atoms with E-state index < -0.39 is 16.4 Å². The van der Waals surface area contributed by atoms with Crippen LogP contribution in [0.25, 0.3) is 0 Å². The van der Waals surface area contributed by atoms with Gasteiger partial charge in [0.15, 0.2) is 0 Å². The molecular weight excluding hydrogens is 244 g/mol. The standard InChI is InChI=1S/C11H12O5S/c12-17(13)10-4-2-1-3-9(10)15-11(16-17)8-5-6-14-7-8/h1-4,8,11H,5-7H2. The quantitative estimate of drug-likeness (QED) is 0.705. The minimum atomic E-state index is -3.71. The van der Waals surface area contributed by atoms with E-state index in [4.69, 9.17) is 13.7 Å². The SMILES string of the molecule is O=S1(=O)OC(C2CCOC2)Oc2ccccc21. The summed E-state index contributed by atoms with van der Waals surface area (Å²) in [5.74, 6) is 0.328. The number of fused-ring (bicyclic) bond motifs is 1. The molecule has 2 aliphatic heterocycles. The van der Waals surface area contributed by atoms with E-state index in [-0.39, 0.29) is 10.8 Å². The van der Waals surface area contributed by atoms with Crippen molar-refractivity contribution in [2.24, 2.45) is 5.92 Å². The van der Waals surface area contributed by atoms with Crippen LogP contribution in [0.5, 0.6) is 5.75 Å². The molecule has 0 aromatic heterocycles. The maximum absolute atomic E-state index is 11.9. The van der Waals surface area contributed by atoms with Gasteiger partial charge in [-0.3, -0.25) is 0 Å². The second kappa shape index (κ2) is 3.97. The van der Waals surface area contributed by atoms with E-state index in [1.165, 1.54) is 6.07 Å². The summed E-state index contributed by atoms with van der Waals surface area (Å²) in [7, 11) is -3.71. The molecule has 0 saturated carbocycles. The first-order valence-corrected chi connectivity index (χ1v) is 6.84. The van der Waals surface area contributed by atoms with Crippen molar-refractivity contribution in [1.29, 1.82) is 0 Å². The third-order valence-electron chi connectivity index (χ3n) is 2.93. The van der Waals surface area contributed by atoms with Crippen LogP contribution in [0.4, 0.5) is 0 Å². The fourth-order valence-electron chi connectivity index (χ4n) is 2.02. The van der Waals surface area contributed by atoms with E-state index in [9.17, 15) is 8.42 Å². The molecule has 1 aromatic carbocycles. The Morgan fingerprint density at radius 2 is 2.06 bits per heavy atom. The zero-order valence-electron chi connectivity index (χ0n) is 9.03. The third-order valence-corrected chi connectivity index (χ3v) is 4.25. The summed E-state index contributed by atoms with van der Waals surface area (Å²) in [5.41, 5.74) is 0. The molecule has 2 heterocycles. The lowest BCUT2D eigenvalue weighted by Gasteiger charge is -2.28. The first-order chi connectivity index (χ1) is 8.17. The molecule has 0 amide bonds. The second-order valence-corrected chi connectivity index (χ2v) is 5.65. The second-order valence-electron chi connectivity index (χ2n) is 4.11. The van der Waals surface area contributed by atoms with Crippen LogP contribution in [0.2, 0.25) is 0 Å². The van der Waals surface area contributed by atoms with Gasteiger partial charge in [-0.2, -0.15) is 8.42 Å². The highest BCUT2D eigenvalue weighted by Crippen LogP contribution is 2.35. The maximum atomic E-state index is 11.9. The van der Waals surface area contributed by atoms with Crippen molar-refractivity contribution in [2.45, 2.75) is 17.6 Å². The molecular formula is C11H12O5S. The minimum absolute atomic E-state index is 0.0295. The molecule has 2 aliphatic rings. The molecule has 2 atom stereocenters. The molecule has 0 N–H and O–H groups in total. The van der Waals surface area contributed by atoms with Crippen molar-refractivity contribution in [2.75, 3.05) is 13.2 Å². The number of rotatable bonds is 1. The van der Waals surface area contributed by atoms with Crippen LogP contribution in [0.3, 0.4) is 0 Å². The van der Waals surface area contributed by atoms with Gasteiger partial charge in [0.1, 0.15) is 10.6 Å². The van der Waals surface area contributed by atoms with Crippen LogP contribution in [-0.4, -0.2) is 27.9 Å². The van der Waals surface area contributed by atoms with Crippen molar-refractivity contribution >= 4 is 10.1 Å². The Balaban J connectivity index is 1.96. The molecule has 3 rings (SSSR count). The average molecular weight is 256 g/mol. The van der Waals surface area contributed by atoms with Crippen LogP contribution in [0, 0.1) is 5.92 Å². The zero-order valence-corrected chi connectivity index (χ0v) is 9.85. The van der Waals surface area contributed by atoms with Crippen molar-refractivity contribution < 1.29 is 22.1 Å². The number of ether oxygens (including phenoxy) is 2. The molecule has 1 saturated heterocycles. The predicted octanol–water partition coefficient (Wildman–Crippen LogP) is 1.15.